The van der Waals surface area contributed by atoms with Crippen LogP contribution in [-0.2, 0) is 0 Å². The molecular weight excluding hydrogens is 244 g/mol. The highest BCUT2D eigenvalue weighted by atomic mass is 16.6. The maximum absolute atomic E-state index is 10.8. The SMILES string of the molecule is CC(c1cccc([N+](=O)[O-])c1)N1CCCC(CO)C1. The number of hydrogen-bond donors (Lipinski definition) is 1. The van der Waals surface area contributed by atoms with Crippen LogP contribution in [-0.4, -0.2) is 34.6 Å². The highest BCUT2D eigenvalue weighted by Crippen LogP contribution is 2.28. The predicted molar refractivity (Wildman–Crippen MR) is 72.9 cm³/mol. The molecule has 5 heteroatoms. The summed E-state index contributed by atoms with van der Waals surface area (Å²) in [7, 11) is 0. The van der Waals surface area contributed by atoms with Gasteiger partial charge in [-0.15, -0.1) is 0 Å². The molecular formula is C14H20N2O3. The van der Waals surface area contributed by atoms with Gasteiger partial charge in [-0.25, -0.2) is 0 Å². The molecule has 19 heavy (non-hydrogen) atoms. The van der Waals surface area contributed by atoms with Gasteiger partial charge < -0.3 is 5.11 Å². The van der Waals surface area contributed by atoms with Crippen LogP contribution in [0, 0.1) is 16.0 Å². The Labute approximate surface area is 113 Å². The summed E-state index contributed by atoms with van der Waals surface area (Å²) < 4.78 is 0. The first-order valence-electron chi connectivity index (χ1n) is 6.71. The van der Waals surface area contributed by atoms with Crippen LogP contribution in [0.4, 0.5) is 5.69 Å². The molecule has 1 N–H and O–H groups in total. The number of piperidine rings is 1. The normalized spacial score (nSPS) is 22.1. The minimum Gasteiger partial charge on any atom is -0.396 e. The minimum absolute atomic E-state index is 0.139. The van der Waals surface area contributed by atoms with E-state index in [4.69, 9.17) is 0 Å². The Morgan fingerprint density at radius 1 is 1.58 bits per heavy atom. The van der Waals surface area contributed by atoms with Crippen LogP contribution in [0.1, 0.15) is 31.4 Å². The number of rotatable bonds is 4. The van der Waals surface area contributed by atoms with Gasteiger partial charge >= 0.3 is 0 Å². The molecule has 1 aliphatic rings. The smallest absolute Gasteiger partial charge is 0.269 e. The molecule has 5 nitrogen and oxygen atoms in total. The van der Waals surface area contributed by atoms with Crippen LogP contribution >= 0.6 is 0 Å². The molecule has 0 saturated carbocycles. The number of likely N-dealkylation sites (tertiary alicyclic amines) is 1. The van der Waals surface area contributed by atoms with Gasteiger partial charge in [0.05, 0.1) is 4.92 Å². The molecule has 0 spiro atoms. The van der Waals surface area contributed by atoms with E-state index in [9.17, 15) is 15.2 Å². The molecule has 2 unspecified atom stereocenters. The quantitative estimate of drug-likeness (QED) is 0.669. The first-order valence-corrected chi connectivity index (χ1v) is 6.71. The number of hydrogen-bond acceptors (Lipinski definition) is 4. The fraction of sp³-hybridized carbons (Fsp3) is 0.571. The summed E-state index contributed by atoms with van der Waals surface area (Å²) in [6, 6.07) is 6.97. The van der Waals surface area contributed by atoms with Gasteiger partial charge in [0, 0.05) is 31.3 Å². The second-order valence-corrected chi connectivity index (χ2v) is 5.21. The van der Waals surface area contributed by atoms with Gasteiger partial charge in [0.1, 0.15) is 0 Å². The third kappa shape index (κ3) is 3.30. The predicted octanol–water partition coefficient (Wildman–Crippen LogP) is 2.36. The molecule has 104 valence electrons. The van der Waals surface area contributed by atoms with E-state index in [2.05, 4.69) is 11.8 Å². The zero-order valence-electron chi connectivity index (χ0n) is 11.2. The first-order chi connectivity index (χ1) is 9.11. The van der Waals surface area contributed by atoms with Crippen LogP contribution in [0.5, 0.6) is 0 Å². The highest BCUT2D eigenvalue weighted by Gasteiger charge is 2.24. The maximum atomic E-state index is 10.8. The number of non-ortho nitro benzene ring substituents is 1. The van der Waals surface area contributed by atoms with E-state index < -0.39 is 0 Å². The molecule has 0 amide bonds. The molecule has 1 fully saturated rings. The van der Waals surface area contributed by atoms with Crippen molar-refractivity contribution in [3.05, 3.63) is 39.9 Å². The van der Waals surface area contributed by atoms with E-state index in [0.717, 1.165) is 31.5 Å². The zero-order valence-corrected chi connectivity index (χ0v) is 11.2. The molecule has 1 heterocycles. The van der Waals surface area contributed by atoms with Crippen LogP contribution in [0.25, 0.3) is 0 Å². The molecule has 2 atom stereocenters. The second kappa shape index (κ2) is 6.12. The summed E-state index contributed by atoms with van der Waals surface area (Å²) in [4.78, 5) is 12.7. The third-order valence-electron chi connectivity index (χ3n) is 3.92. The van der Waals surface area contributed by atoms with Gasteiger partial charge in [-0.2, -0.15) is 0 Å². The zero-order chi connectivity index (χ0) is 13.8. The van der Waals surface area contributed by atoms with Gasteiger partial charge in [-0.05, 0) is 37.8 Å². The van der Waals surface area contributed by atoms with Crippen molar-refractivity contribution in [2.24, 2.45) is 5.92 Å². The molecule has 0 bridgehead atoms. The number of benzene rings is 1. The van der Waals surface area contributed by atoms with Crippen molar-refractivity contribution in [2.75, 3.05) is 19.7 Å². The van der Waals surface area contributed by atoms with Crippen molar-refractivity contribution in [1.82, 2.24) is 4.90 Å². The van der Waals surface area contributed by atoms with Crippen LogP contribution in [0.15, 0.2) is 24.3 Å². The fourth-order valence-corrected chi connectivity index (χ4v) is 2.71. The first kappa shape index (κ1) is 14.0. The lowest BCUT2D eigenvalue weighted by Crippen LogP contribution is -2.38. The number of nitro benzene ring substituents is 1. The highest BCUT2D eigenvalue weighted by molar-refractivity contribution is 5.35. The second-order valence-electron chi connectivity index (χ2n) is 5.21. The Kier molecular flexibility index (Phi) is 4.50. The van der Waals surface area contributed by atoms with Crippen molar-refractivity contribution in [1.29, 1.82) is 0 Å². The van der Waals surface area contributed by atoms with Crippen molar-refractivity contribution in [3.63, 3.8) is 0 Å². The molecule has 2 rings (SSSR count). The third-order valence-corrected chi connectivity index (χ3v) is 3.92. The molecule has 1 aromatic carbocycles. The van der Waals surface area contributed by atoms with Crippen LogP contribution < -0.4 is 0 Å². The fourth-order valence-electron chi connectivity index (χ4n) is 2.71. The van der Waals surface area contributed by atoms with E-state index in [1.807, 2.05) is 6.07 Å². The topological polar surface area (TPSA) is 66.6 Å². The lowest BCUT2D eigenvalue weighted by atomic mass is 9.96. The van der Waals surface area contributed by atoms with E-state index in [-0.39, 0.29) is 23.3 Å². The Morgan fingerprint density at radius 3 is 3.05 bits per heavy atom. The van der Waals surface area contributed by atoms with Gasteiger partial charge in [-0.1, -0.05) is 12.1 Å². The molecule has 1 saturated heterocycles. The van der Waals surface area contributed by atoms with Gasteiger partial charge in [0.15, 0.2) is 0 Å². The molecule has 0 radical (unpaired) electrons. The van der Waals surface area contributed by atoms with Crippen molar-refractivity contribution in [3.8, 4) is 0 Å². The molecule has 0 aromatic heterocycles. The largest absolute Gasteiger partial charge is 0.396 e. The Morgan fingerprint density at radius 2 is 2.37 bits per heavy atom. The van der Waals surface area contributed by atoms with Crippen LogP contribution in [0.2, 0.25) is 0 Å². The van der Waals surface area contributed by atoms with Crippen molar-refractivity contribution >= 4 is 5.69 Å². The van der Waals surface area contributed by atoms with E-state index in [1.165, 1.54) is 6.07 Å². The van der Waals surface area contributed by atoms with E-state index in [1.54, 1.807) is 12.1 Å². The maximum Gasteiger partial charge on any atom is 0.269 e. The molecule has 1 aromatic rings. The monoisotopic (exact) mass is 264 g/mol. The van der Waals surface area contributed by atoms with Gasteiger partial charge in [0.25, 0.3) is 5.69 Å². The van der Waals surface area contributed by atoms with Crippen molar-refractivity contribution in [2.45, 2.75) is 25.8 Å². The summed E-state index contributed by atoms with van der Waals surface area (Å²) in [6.07, 6.45) is 2.14. The Bertz CT molecular complexity index is 450. The summed E-state index contributed by atoms with van der Waals surface area (Å²) in [5.41, 5.74) is 1.10. The minimum atomic E-state index is -0.358. The average molecular weight is 264 g/mol. The lowest BCUT2D eigenvalue weighted by molar-refractivity contribution is -0.385. The average Bonchev–Trinajstić information content (AvgIpc) is 2.46. The van der Waals surface area contributed by atoms with E-state index in [0.29, 0.717) is 5.92 Å². The summed E-state index contributed by atoms with van der Waals surface area (Å²) in [5.74, 6) is 0.329. The van der Waals surface area contributed by atoms with Gasteiger partial charge in [0.2, 0.25) is 0 Å². The number of nitro groups is 1. The Balaban J connectivity index is 2.12. The molecule has 1 aliphatic heterocycles. The Hall–Kier alpha value is -1.46. The van der Waals surface area contributed by atoms with E-state index >= 15 is 0 Å². The number of nitrogens with zero attached hydrogens (tertiary/aromatic N) is 2. The van der Waals surface area contributed by atoms with Gasteiger partial charge in [-0.3, -0.25) is 15.0 Å². The number of aliphatic hydroxyl groups excluding tert-OH is 1. The lowest BCUT2D eigenvalue weighted by Gasteiger charge is -2.36. The number of aliphatic hydroxyl groups is 1. The van der Waals surface area contributed by atoms with Crippen LogP contribution in [0.3, 0.4) is 0 Å². The summed E-state index contributed by atoms with van der Waals surface area (Å²) in [5, 5.41) is 20.1. The van der Waals surface area contributed by atoms with Crippen molar-refractivity contribution < 1.29 is 10.0 Å². The standard InChI is InChI=1S/C14H20N2O3/c1-11(15-7-3-4-12(9-15)10-17)13-5-2-6-14(8-13)16(18)19/h2,5-6,8,11-12,17H,3-4,7,9-10H2,1H3. The summed E-state index contributed by atoms with van der Waals surface area (Å²) in [6.45, 7) is 4.14. The summed E-state index contributed by atoms with van der Waals surface area (Å²) >= 11 is 0. The molecule has 0 aliphatic carbocycles.